The predicted octanol–water partition coefficient (Wildman–Crippen LogP) is 2.89. The molecule has 4 nitrogen and oxygen atoms in total. The fourth-order valence-corrected chi connectivity index (χ4v) is 3.94. The van der Waals surface area contributed by atoms with Gasteiger partial charge in [0.05, 0.1) is 9.90 Å². The van der Waals surface area contributed by atoms with Gasteiger partial charge in [0.1, 0.15) is 0 Å². The molecule has 2 rings (SSSR count). The van der Waals surface area contributed by atoms with E-state index in [1.807, 2.05) is 6.92 Å². The van der Waals surface area contributed by atoms with Crippen LogP contribution < -0.4 is 4.72 Å². The van der Waals surface area contributed by atoms with Crippen LogP contribution in [-0.2, 0) is 16.6 Å². The average Bonchev–Trinajstić information content (AvgIpc) is 2.76. The minimum atomic E-state index is -3.56. The normalized spacial score (nSPS) is 11.7. The van der Waals surface area contributed by atoms with Gasteiger partial charge in [0.2, 0.25) is 10.0 Å². The summed E-state index contributed by atoms with van der Waals surface area (Å²) in [7, 11) is -3.56. The maximum absolute atomic E-state index is 12.2. The van der Waals surface area contributed by atoms with Crippen LogP contribution in [0.5, 0.6) is 0 Å². The highest BCUT2D eigenvalue weighted by atomic mass is 35.5. The highest BCUT2D eigenvalue weighted by molar-refractivity contribution is 7.89. The van der Waals surface area contributed by atoms with Gasteiger partial charge in [0.15, 0.2) is 0 Å². The van der Waals surface area contributed by atoms with Gasteiger partial charge in [-0.15, -0.1) is 11.3 Å². The van der Waals surface area contributed by atoms with Crippen molar-refractivity contribution < 1.29 is 8.42 Å². The van der Waals surface area contributed by atoms with Crippen LogP contribution in [0.1, 0.15) is 15.4 Å². The average molecular weight is 317 g/mol. The SMILES string of the molecule is Cc1ncc(CNS(=O)(=O)c2cccc(Cl)c2C)s1. The van der Waals surface area contributed by atoms with E-state index >= 15 is 0 Å². The standard InChI is InChI=1S/C12H13ClN2O2S2/c1-8-11(13)4-3-5-12(8)19(16,17)15-7-10-6-14-9(2)18-10/h3-6,15H,7H2,1-2H3. The topological polar surface area (TPSA) is 59.1 Å². The van der Waals surface area contributed by atoms with Crippen LogP contribution >= 0.6 is 22.9 Å². The highest BCUT2D eigenvalue weighted by Crippen LogP contribution is 2.23. The van der Waals surface area contributed by atoms with Gasteiger partial charge in [-0.05, 0) is 31.5 Å². The van der Waals surface area contributed by atoms with Crippen molar-refractivity contribution >= 4 is 33.0 Å². The van der Waals surface area contributed by atoms with Crippen LogP contribution in [0.3, 0.4) is 0 Å². The van der Waals surface area contributed by atoms with Crippen LogP contribution in [0.25, 0.3) is 0 Å². The van der Waals surface area contributed by atoms with E-state index in [-0.39, 0.29) is 11.4 Å². The molecule has 0 aliphatic carbocycles. The van der Waals surface area contributed by atoms with Gasteiger partial charge < -0.3 is 0 Å². The van der Waals surface area contributed by atoms with Gasteiger partial charge >= 0.3 is 0 Å². The number of hydrogen-bond donors (Lipinski definition) is 1. The number of aryl methyl sites for hydroxylation is 1. The highest BCUT2D eigenvalue weighted by Gasteiger charge is 2.18. The number of nitrogens with zero attached hydrogens (tertiary/aromatic N) is 1. The van der Waals surface area contributed by atoms with Crippen molar-refractivity contribution in [3.05, 3.63) is 44.9 Å². The molecular formula is C12H13ClN2O2S2. The Labute approximate surface area is 121 Å². The van der Waals surface area contributed by atoms with E-state index in [0.717, 1.165) is 9.88 Å². The Morgan fingerprint density at radius 3 is 2.74 bits per heavy atom. The van der Waals surface area contributed by atoms with E-state index in [1.165, 1.54) is 11.3 Å². The fraction of sp³-hybridized carbons (Fsp3) is 0.250. The molecule has 0 aliphatic rings. The summed E-state index contributed by atoms with van der Waals surface area (Å²) in [6, 6.07) is 4.84. The summed E-state index contributed by atoms with van der Waals surface area (Å²) in [6.45, 7) is 3.80. The second-order valence-corrected chi connectivity index (χ2v) is 7.50. The summed E-state index contributed by atoms with van der Waals surface area (Å²) in [6.07, 6.45) is 1.67. The van der Waals surface area contributed by atoms with E-state index in [9.17, 15) is 8.42 Å². The maximum Gasteiger partial charge on any atom is 0.241 e. The smallest absolute Gasteiger partial charge is 0.241 e. The molecule has 0 spiro atoms. The number of benzene rings is 1. The number of hydrogen-bond acceptors (Lipinski definition) is 4. The van der Waals surface area contributed by atoms with E-state index in [2.05, 4.69) is 9.71 Å². The third kappa shape index (κ3) is 3.33. The van der Waals surface area contributed by atoms with Crippen molar-refractivity contribution in [2.45, 2.75) is 25.3 Å². The van der Waals surface area contributed by atoms with Crippen molar-refractivity contribution in [1.82, 2.24) is 9.71 Å². The van der Waals surface area contributed by atoms with Gasteiger partial charge in [0, 0.05) is 22.6 Å². The Morgan fingerprint density at radius 2 is 2.11 bits per heavy atom. The van der Waals surface area contributed by atoms with Crippen LogP contribution in [0.15, 0.2) is 29.3 Å². The lowest BCUT2D eigenvalue weighted by molar-refractivity contribution is 0.581. The van der Waals surface area contributed by atoms with Gasteiger partial charge in [-0.3, -0.25) is 0 Å². The second-order valence-electron chi connectivity index (χ2n) is 4.03. The first-order chi connectivity index (χ1) is 8.90. The van der Waals surface area contributed by atoms with Crippen LogP contribution in [-0.4, -0.2) is 13.4 Å². The number of aromatic nitrogens is 1. The largest absolute Gasteiger partial charge is 0.250 e. The zero-order valence-corrected chi connectivity index (χ0v) is 12.9. The first-order valence-corrected chi connectivity index (χ1v) is 8.24. The minimum Gasteiger partial charge on any atom is -0.250 e. The van der Waals surface area contributed by atoms with Gasteiger partial charge in [0.25, 0.3) is 0 Å². The van der Waals surface area contributed by atoms with Crippen LogP contribution in [0.4, 0.5) is 0 Å². The maximum atomic E-state index is 12.2. The zero-order chi connectivity index (χ0) is 14.0. The van der Waals surface area contributed by atoms with E-state index < -0.39 is 10.0 Å². The lowest BCUT2D eigenvalue weighted by Crippen LogP contribution is -2.23. The Bertz CT molecular complexity index is 696. The van der Waals surface area contributed by atoms with E-state index in [0.29, 0.717) is 10.6 Å². The first-order valence-electron chi connectivity index (χ1n) is 5.56. The van der Waals surface area contributed by atoms with Crippen LogP contribution in [0.2, 0.25) is 5.02 Å². The zero-order valence-electron chi connectivity index (χ0n) is 10.5. The molecule has 1 heterocycles. The molecule has 19 heavy (non-hydrogen) atoms. The molecule has 0 atom stereocenters. The molecular weight excluding hydrogens is 304 g/mol. The Hall–Kier alpha value is -0.950. The molecule has 0 radical (unpaired) electrons. The molecule has 2 aromatic rings. The van der Waals surface area contributed by atoms with Crippen molar-refractivity contribution in [2.24, 2.45) is 0 Å². The van der Waals surface area contributed by atoms with Crippen molar-refractivity contribution in [1.29, 1.82) is 0 Å². The number of sulfonamides is 1. The summed E-state index contributed by atoms with van der Waals surface area (Å²) in [5, 5.41) is 1.35. The molecule has 0 fully saturated rings. The summed E-state index contributed by atoms with van der Waals surface area (Å²) >= 11 is 7.41. The van der Waals surface area contributed by atoms with Crippen LogP contribution in [0, 0.1) is 13.8 Å². The molecule has 0 aliphatic heterocycles. The fourth-order valence-electron chi connectivity index (χ4n) is 1.61. The Balaban J connectivity index is 2.21. The molecule has 0 bridgehead atoms. The molecule has 7 heteroatoms. The number of rotatable bonds is 4. The molecule has 0 unspecified atom stereocenters. The third-order valence-corrected chi connectivity index (χ3v) is 5.48. The lowest BCUT2D eigenvalue weighted by Gasteiger charge is -2.09. The van der Waals surface area contributed by atoms with Gasteiger partial charge in [-0.25, -0.2) is 18.1 Å². The summed E-state index contributed by atoms with van der Waals surface area (Å²) in [5.41, 5.74) is 0.553. The van der Waals surface area contributed by atoms with Gasteiger partial charge in [-0.2, -0.15) is 0 Å². The molecule has 1 N–H and O–H groups in total. The number of thiazole rings is 1. The van der Waals surface area contributed by atoms with E-state index in [1.54, 1.807) is 31.3 Å². The molecule has 1 aromatic carbocycles. The van der Waals surface area contributed by atoms with Crippen molar-refractivity contribution in [3.8, 4) is 0 Å². The second kappa shape index (κ2) is 5.58. The molecule has 0 amide bonds. The predicted molar refractivity (Wildman–Crippen MR) is 77.1 cm³/mol. The van der Waals surface area contributed by atoms with Crippen molar-refractivity contribution in [2.75, 3.05) is 0 Å². The third-order valence-electron chi connectivity index (χ3n) is 2.61. The molecule has 102 valence electrons. The van der Waals surface area contributed by atoms with E-state index in [4.69, 9.17) is 11.6 Å². The van der Waals surface area contributed by atoms with Crippen molar-refractivity contribution in [3.63, 3.8) is 0 Å². The first kappa shape index (κ1) is 14.5. The number of nitrogens with one attached hydrogen (secondary N) is 1. The monoisotopic (exact) mass is 316 g/mol. The molecule has 1 aromatic heterocycles. The molecule has 0 saturated carbocycles. The summed E-state index contributed by atoms with van der Waals surface area (Å²) in [4.78, 5) is 5.17. The Kier molecular flexibility index (Phi) is 4.25. The molecule has 0 saturated heterocycles. The Morgan fingerprint density at radius 1 is 1.37 bits per heavy atom. The summed E-state index contributed by atoms with van der Waals surface area (Å²) < 4.78 is 27.0. The quantitative estimate of drug-likeness (QED) is 0.943. The number of halogens is 1. The summed E-state index contributed by atoms with van der Waals surface area (Å²) in [5.74, 6) is 0. The lowest BCUT2D eigenvalue weighted by atomic mass is 10.2. The minimum absolute atomic E-state index is 0.209. The van der Waals surface area contributed by atoms with Gasteiger partial charge in [-0.1, -0.05) is 17.7 Å².